The predicted octanol–water partition coefficient (Wildman–Crippen LogP) is 3.29. The number of rotatable bonds is 4. The molecule has 0 saturated carbocycles. The van der Waals surface area contributed by atoms with E-state index < -0.39 is 6.10 Å². The minimum Gasteiger partial charge on any atom is -0.493 e. The largest absolute Gasteiger partial charge is 0.493 e. The first-order valence-electron chi connectivity index (χ1n) is 6.86. The van der Waals surface area contributed by atoms with Crippen LogP contribution in [0.5, 0.6) is 11.5 Å². The third kappa shape index (κ3) is 2.63. The van der Waals surface area contributed by atoms with E-state index in [0.29, 0.717) is 13.2 Å². The van der Waals surface area contributed by atoms with Crippen LogP contribution in [-0.4, -0.2) is 18.3 Å². The molecule has 0 amide bonds. The highest BCUT2D eigenvalue weighted by Gasteiger charge is 2.24. The summed E-state index contributed by atoms with van der Waals surface area (Å²) in [6.07, 6.45) is -0.478. The van der Waals surface area contributed by atoms with Crippen molar-refractivity contribution in [2.45, 2.75) is 18.9 Å². The molecule has 3 rings (SSSR count). The lowest BCUT2D eigenvalue weighted by Gasteiger charge is -2.13. The normalized spacial score (nSPS) is 18.2. The monoisotopic (exact) mass is 270 g/mol. The van der Waals surface area contributed by atoms with Gasteiger partial charge in [0.15, 0.2) is 0 Å². The molecule has 0 aliphatic carbocycles. The molecule has 20 heavy (non-hydrogen) atoms. The third-order valence-electron chi connectivity index (χ3n) is 3.59. The number of para-hydroxylation sites is 1. The van der Waals surface area contributed by atoms with Gasteiger partial charge in [-0.2, -0.15) is 0 Å². The number of aliphatic hydroxyl groups is 1. The summed E-state index contributed by atoms with van der Waals surface area (Å²) >= 11 is 0. The summed E-state index contributed by atoms with van der Waals surface area (Å²) in [7, 11) is 0. The lowest BCUT2D eigenvalue weighted by Crippen LogP contribution is -2.11. The first kappa shape index (κ1) is 13.0. The van der Waals surface area contributed by atoms with Crippen molar-refractivity contribution in [3.05, 3.63) is 59.7 Å². The molecule has 3 heteroatoms. The molecule has 1 aliphatic heterocycles. The first-order chi connectivity index (χ1) is 9.74. The fraction of sp³-hybridized carbons (Fsp3) is 0.294. The number of aliphatic hydroxyl groups excluding tert-OH is 1. The maximum absolute atomic E-state index is 9.58. The molecule has 1 N–H and O–H groups in total. The third-order valence-corrected chi connectivity index (χ3v) is 3.59. The Labute approximate surface area is 118 Å². The van der Waals surface area contributed by atoms with Gasteiger partial charge in [-0.15, -0.1) is 0 Å². The van der Waals surface area contributed by atoms with Crippen molar-refractivity contribution in [2.75, 3.05) is 13.2 Å². The van der Waals surface area contributed by atoms with Crippen molar-refractivity contribution in [1.82, 2.24) is 0 Å². The fourth-order valence-corrected chi connectivity index (χ4v) is 2.43. The molecule has 0 fully saturated rings. The van der Waals surface area contributed by atoms with Gasteiger partial charge in [-0.25, -0.2) is 0 Å². The number of hydrogen-bond acceptors (Lipinski definition) is 3. The van der Waals surface area contributed by atoms with Crippen LogP contribution in [0.3, 0.4) is 0 Å². The summed E-state index contributed by atoms with van der Waals surface area (Å²) in [5.41, 5.74) is 2.07. The smallest absolute Gasteiger partial charge is 0.123 e. The molecule has 0 bridgehead atoms. The molecule has 2 aromatic rings. The Hall–Kier alpha value is -2.00. The molecular weight excluding hydrogens is 252 g/mol. The minimum atomic E-state index is -0.478. The SMILES string of the molecule is C[C@H](O)c1cccc(OCC2COc3ccccc32)c1. The quantitative estimate of drug-likeness (QED) is 0.926. The molecule has 0 aromatic heterocycles. The lowest BCUT2D eigenvalue weighted by molar-refractivity contribution is 0.198. The molecule has 1 heterocycles. The maximum atomic E-state index is 9.58. The second-order valence-electron chi connectivity index (χ2n) is 5.11. The highest BCUT2D eigenvalue weighted by molar-refractivity contribution is 5.40. The summed E-state index contributed by atoms with van der Waals surface area (Å²) < 4.78 is 11.5. The van der Waals surface area contributed by atoms with Crippen LogP contribution in [0.25, 0.3) is 0 Å². The van der Waals surface area contributed by atoms with Crippen molar-refractivity contribution in [3.8, 4) is 11.5 Å². The highest BCUT2D eigenvalue weighted by Crippen LogP contribution is 2.33. The summed E-state index contributed by atoms with van der Waals surface area (Å²) in [5.74, 6) is 2.01. The zero-order valence-corrected chi connectivity index (χ0v) is 11.5. The van der Waals surface area contributed by atoms with Crippen molar-refractivity contribution in [3.63, 3.8) is 0 Å². The van der Waals surface area contributed by atoms with Gasteiger partial charge in [-0.3, -0.25) is 0 Å². The summed E-state index contributed by atoms with van der Waals surface area (Å²) in [6, 6.07) is 15.7. The Balaban J connectivity index is 1.67. The van der Waals surface area contributed by atoms with Crippen molar-refractivity contribution in [1.29, 1.82) is 0 Å². The maximum Gasteiger partial charge on any atom is 0.123 e. The molecule has 0 radical (unpaired) electrons. The zero-order valence-electron chi connectivity index (χ0n) is 11.5. The lowest BCUT2D eigenvalue weighted by atomic mass is 10.0. The van der Waals surface area contributed by atoms with Crippen LogP contribution in [0.2, 0.25) is 0 Å². The van der Waals surface area contributed by atoms with Crippen molar-refractivity contribution in [2.24, 2.45) is 0 Å². The molecule has 2 atom stereocenters. The number of benzene rings is 2. The molecule has 1 unspecified atom stereocenters. The van der Waals surface area contributed by atoms with E-state index >= 15 is 0 Å². The van der Waals surface area contributed by atoms with Crippen LogP contribution in [-0.2, 0) is 0 Å². The van der Waals surface area contributed by atoms with Gasteiger partial charge in [0.25, 0.3) is 0 Å². The average molecular weight is 270 g/mol. The summed E-state index contributed by atoms with van der Waals surface area (Å²) in [4.78, 5) is 0. The Kier molecular flexibility index (Phi) is 3.61. The van der Waals surface area contributed by atoms with E-state index in [1.54, 1.807) is 6.92 Å². The number of fused-ring (bicyclic) bond motifs is 1. The molecule has 0 saturated heterocycles. The Morgan fingerprint density at radius 3 is 2.95 bits per heavy atom. The van der Waals surface area contributed by atoms with Crippen LogP contribution in [0.4, 0.5) is 0 Å². The van der Waals surface area contributed by atoms with E-state index in [2.05, 4.69) is 6.07 Å². The molecule has 1 aliphatic rings. The zero-order chi connectivity index (χ0) is 13.9. The highest BCUT2D eigenvalue weighted by atomic mass is 16.5. The minimum absolute atomic E-state index is 0.265. The summed E-state index contributed by atoms with van der Waals surface area (Å²) in [5, 5.41) is 9.58. The van der Waals surface area contributed by atoms with Gasteiger partial charge in [-0.1, -0.05) is 30.3 Å². The average Bonchev–Trinajstić information content (AvgIpc) is 2.89. The van der Waals surface area contributed by atoms with E-state index in [-0.39, 0.29) is 5.92 Å². The predicted molar refractivity (Wildman–Crippen MR) is 77.2 cm³/mol. The van der Waals surface area contributed by atoms with Crippen LogP contribution < -0.4 is 9.47 Å². The van der Waals surface area contributed by atoms with E-state index in [0.717, 1.165) is 17.1 Å². The van der Waals surface area contributed by atoms with Crippen molar-refractivity contribution < 1.29 is 14.6 Å². The van der Waals surface area contributed by atoms with E-state index in [1.165, 1.54) is 5.56 Å². The van der Waals surface area contributed by atoms with Crippen LogP contribution in [0, 0.1) is 0 Å². The number of ether oxygens (including phenoxy) is 2. The van der Waals surface area contributed by atoms with E-state index in [9.17, 15) is 5.11 Å². The Morgan fingerprint density at radius 1 is 1.25 bits per heavy atom. The Morgan fingerprint density at radius 2 is 2.10 bits per heavy atom. The van der Waals surface area contributed by atoms with Gasteiger partial charge in [0.1, 0.15) is 11.5 Å². The second kappa shape index (κ2) is 5.55. The van der Waals surface area contributed by atoms with E-state index in [4.69, 9.17) is 9.47 Å². The van der Waals surface area contributed by atoms with Crippen LogP contribution >= 0.6 is 0 Å². The van der Waals surface area contributed by atoms with Crippen LogP contribution in [0.1, 0.15) is 30.1 Å². The standard InChI is InChI=1S/C17H18O3/c1-12(18)13-5-4-6-15(9-13)19-10-14-11-20-17-8-3-2-7-16(14)17/h2-9,12,14,18H,10-11H2,1H3/t12-,14?/m0/s1. The molecular formula is C17H18O3. The molecule has 2 aromatic carbocycles. The van der Waals surface area contributed by atoms with E-state index in [1.807, 2.05) is 42.5 Å². The van der Waals surface area contributed by atoms with Gasteiger partial charge in [-0.05, 0) is 30.7 Å². The second-order valence-corrected chi connectivity index (χ2v) is 5.11. The van der Waals surface area contributed by atoms with Gasteiger partial charge < -0.3 is 14.6 Å². The van der Waals surface area contributed by atoms with Gasteiger partial charge >= 0.3 is 0 Å². The first-order valence-corrected chi connectivity index (χ1v) is 6.86. The molecule has 104 valence electrons. The molecule has 0 spiro atoms. The number of hydrogen-bond donors (Lipinski definition) is 1. The molecule has 3 nitrogen and oxygen atoms in total. The topological polar surface area (TPSA) is 38.7 Å². The van der Waals surface area contributed by atoms with Gasteiger partial charge in [0.05, 0.1) is 25.2 Å². The van der Waals surface area contributed by atoms with Crippen molar-refractivity contribution >= 4 is 0 Å². The Bertz CT molecular complexity index is 592. The fourth-order valence-electron chi connectivity index (χ4n) is 2.43. The summed E-state index contributed by atoms with van der Waals surface area (Å²) in [6.45, 7) is 3.00. The van der Waals surface area contributed by atoms with Crippen LogP contribution in [0.15, 0.2) is 48.5 Å². The van der Waals surface area contributed by atoms with Gasteiger partial charge in [0.2, 0.25) is 0 Å². The van der Waals surface area contributed by atoms with Gasteiger partial charge in [0, 0.05) is 5.56 Å².